The third-order valence-electron chi connectivity index (χ3n) is 4.22. The smallest absolute Gasteiger partial charge is 0.222 e. The summed E-state index contributed by atoms with van der Waals surface area (Å²) in [5.74, 6) is 0.657. The number of methoxy groups -OCH3 is 1. The highest BCUT2D eigenvalue weighted by Gasteiger charge is 2.42. The summed E-state index contributed by atoms with van der Waals surface area (Å²) in [6.45, 7) is 2.23. The molecule has 1 aromatic heterocycles. The van der Waals surface area contributed by atoms with Crippen molar-refractivity contribution >= 4 is 11.9 Å². The zero-order chi connectivity index (χ0) is 16.0. The van der Waals surface area contributed by atoms with Gasteiger partial charge in [-0.25, -0.2) is 9.97 Å². The van der Waals surface area contributed by atoms with E-state index in [0.29, 0.717) is 19.0 Å². The molecule has 1 fully saturated rings. The van der Waals surface area contributed by atoms with Gasteiger partial charge in [0, 0.05) is 52.1 Å². The maximum absolute atomic E-state index is 11.9. The second-order valence-electron chi connectivity index (χ2n) is 5.70. The summed E-state index contributed by atoms with van der Waals surface area (Å²) >= 11 is 0. The highest BCUT2D eigenvalue weighted by Crippen LogP contribution is 2.34. The standard InChI is InChI=1S/C15H25N5O2/c1-16-13(21)7-15(11-22-3)5-4-6-20(15)10-12-8-18-14(17-2)19-9-12/h8-9H,4-7,10-11H2,1-3H3,(H,16,21)(H,17,18,19)/t15-/m0/s1. The Morgan fingerprint density at radius 1 is 1.41 bits per heavy atom. The molecule has 0 spiro atoms. The molecule has 1 amide bonds. The fourth-order valence-corrected chi connectivity index (χ4v) is 3.10. The quantitative estimate of drug-likeness (QED) is 0.769. The number of nitrogens with zero attached hydrogens (tertiary/aromatic N) is 3. The lowest BCUT2D eigenvalue weighted by Crippen LogP contribution is -2.50. The maximum atomic E-state index is 11.9. The number of hydrogen-bond acceptors (Lipinski definition) is 6. The Kier molecular flexibility index (Phi) is 5.68. The number of amides is 1. The zero-order valence-electron chi connectivity index (χ0n) is 13.6. The summed E-state index contributed by atoms with van der Waals surface area (Å²) in [6, 6.07) is 0. The van der Waals surface area contributed by atoms with E-state index in [1.54, 1.807) is 21.2 Å². The van der Waals surface area contributed by atoms with Crippen LogP contribution in [-0.2, 0) is 16.1 Å². The van der Waals surface area contributed by atoms with Gasteiger partial charge in [-0.05, 0) is 19.4 Å². The van der Waals surface area contributed by atoms with Crippen LogP contribution in [0.2, 0.25) is 0 Å². The van der Waals surface area contributed by atoms with Crippen LogP contribution in [0.4, 0.5) is 5.95 Å². The molecule has 22 heavy (non-hydrogen) atoms. The topological polar surface area (TPSA) is 79.4 Å². The molecule has 1 atom stereocenters. The molecule has 2 heterocycles. The van der Waals surface area contributed by atoms with Crippen molar-refractivity contribution in [3.05, 3.63) is 18.0 Å². The first kappa shape index (κ1) is 16.6. The zero-order valence-corrected chi connectivity index (χ0v) is 13.6. The third-order valence-corrected chi connectivity index (χ3v) is 4.22. The molecule has 122 valence electrons. The average Bonchev–Trinajstić information content (AvgIpc) is 2.90. The second-order valence-corrected chi connectivity index (χ2v) is 5.70. The molecular weight excluding hydrogens is 282 g/mol. The minimum atomic E-state index is -0.240. The van der Waals surface area contributed by atoms with Gasteiger partial charge in [-0.2, -0.15) is 0 Å². The van der Waals surface area contributed by atoms with Gasteiger partial charge in [0.2, 0.25) is 11.9 Å². The molecule has 0 radical (unpaired) electrons. The monoisotopic (exact) mass is 307 g/mol. The fourth-order valence-electron chi connectivity index (χ4n) is 3.10. The van der Waals surface area contributed by atoms with Gasteiger partial charge in [-0.15, -0.1) is 0 Å². The summed E-state index contributed by atoms with van der Waals surface area (Å²) in [6.07, 6.45) is 6.13. The lowest BCUT2D eigenvalue weighted by atomic mass is 9.92. The first-order valence-electron chi connectivity index (χ1n) is 7.57. The highest BCUT2D eigenvalue weighted by atomic mass is 16.5. The Hall–Kier alpha value is -1.73. The van der Waals surface area contributed by atoms with Crippen molar-refractivity contribution < 1.29 is 9.53 Å². The predicted molar refractivity (Wildman–Crippen MR) is 84.5 cm³/mol. The number of carbonyl (C=O) groups excluding carboxylic acids is 1. The van der Waals surface area contributed by atoms with E-state index in [0.717, 1.165) is 31.5 Å². The van der Waals surface area contributed by atoms with E-state index in [1.165, 1.54) is 0 Å². The summed E-state index contributed by atoms with van der Waals surface area (Å²) in [5.41, 5.74) is 0.801. The van der Waals surface area contributed by atoms with Crippen molar-refractivity contribution in [3.8, 4) is 0 Å². The van der Waals surface area contributed by atoms with Crippen molar-refractivity contribution in [2.75, 3.05) is 39.7 Å². The summed E-state index contributed by atoms with van der Waals surface area (Å²) < 4.78 is 5.42. The van der Waals surface area contributed by atoms with E-state index in [1.807, 2.05) is 12.4 Å². The molecule has 1 saturated heterocycles. The van der Waals surface area contributed by atoms with Crippen LogP contribution in [0.5, 0.6) is 0 Å². The summed E-state index contributed by atoms with van der Waals surface area (Å²) in [4.78, 5) is 22.7. The Bertz CT molecular complexity index is 493. The Morgan fingerprint density at radius 2 is 2.14 bits per heavy atom. The first-order valence-corrected chi connectivity index (χ1v) is 7.57. The van der Waals surface area contributed by atoms with Crippen LogP contribution in [0, 0.1) is 0 Å². The largest absolute Gasteiger partial charge is 0.383 e. The van der Waals surface area contributed by atoms with Gasteiger partial charge in [0.05, 0.1) is 12.1 Å². The molecule has 1 aliphatic heterocycles. The van der Waals surface area contributed by atoms with E-state index in [4.69, 9.17) is 4.74 Å². The van der Waals surface area contributed by atoms with Crippen LogP contribution >= 0.6 is 0 Å². The Labute approximate surface area is 131 Å². The van der Waals surface area contributed by atoms with Crippen molar-refractivity contribution in [1.29, 1.82) is 0 Å². The van der Waals surface area contributed by atoms with Crippen molar-refractivity contribution in [3.63, 3.8) is 0 Å². The van der Waals surface area contributed by atoms with Gasteiger partial charge in [0.15, 0.2) is 0 Å². The molecular formula is C15H25N5O2. The van der Waals surface area contributed by atoms with E-state index >= 15 is 0 Å². The number of likely N-dealkylation sites (tertiary alicyclic amines) is 1. The van der Waals surface area contributed by atoms with Crippen molar-refractivity contribution in [2.45, 2.75) is 31.3 Å². The highest BCUT2D eigenvalue weighted by molar-refractivity contribution is 5.77. The number of ether oxygens (including phenoxy) is 1. The molecule has 2 N–H and O–H groups in total. The molecule has 2 rings (SSSR count). The van der Waals surface area contributed by atoms with Crippen LogP contribution in [-0.4, -0.2) is 60.7 Å². The number of nitrogens with one attached hydrogen (secondary N) is 2. The lowest BCUT2D eigenvalue weighted by molar-refractivity contribution is -0.124. The van der Waals surface area contributed by atoms with Gasteiger partial charge in [0.1, 0.15) is 0 Å². The number of anilines is 1. The maximum Gasteiger partial charge on any atom is 0.222 e. The molecule has 1 aromatic rings. The van der Waals surface area contributed by atoms with E-state index in [2.05, 4.69) is 25.5 Å². The lowest BCUT2D eigenvalue weighted by Gasteiger charge is -2.37. The van der Waals surface area contributed by atoms with Gasteiger partial charge in [-0.3, -0.25) is 9.69 Å². The Morgan fingerprint density at radius 3 is 2.73 bits per heavy atom. The van der Waals surface area contributed by atoms with Crippen LogP contribution in [0.1, 0.15) is 24.8 Å². The summed E-state index contributed by atoms with van der Waals surface area (Å²) in [5, 5.41) is 5.63. The second kappa shape index (κ2) is 7.51. The van der Waals surface area contributed by atoms with E-state index in [9.17, 15) is 4.79 Å². The molecule has 0 aliphatic carbocycles. The van der Waals surface area contributed by atoms with Gasteiger partial charge >= 0.3 is 0 Å². The van der Waals surface area contributed by atoms with Crippen LogP contribution in [0.3, 0.4) is 0 Å². The predicted octanol–water partition coefficient (Wildman–Crippen LogP) is 0.635. The molecule has 0 saturated carbocycles. The molecule has 1 aliphatic rings. The number of rotatable bonds is 7. The van der Waals surface area contributed by atoms with Gasteiger partial charge < -0.3 is 15.4 Å². The molecule has 0 aromatic carbocycles. The molecule has 0 unspecified atom stereocenters. The van der Waals surface area contributed by atoms with Crippen LogP contribution < -0.4 is 10.6 Å². The first-order chi connectivity index (χ1) is 10.6. The van der Waals surface area contributed by atoms with Gasteiger partial charge in [0.25, 0.3) is 0 Å². The normalized spacial score (nSPS) is 21.8. The van der Waals surface area contributed by atoms with Crippen LogP contribution in [0.25, 0.3) is 0 Å². The number of aromatic nitrogens is 2. The van der Waals surface area contributed by atoms with E-state index in [-0.39, 0.29) is 11.4 Å². The number of carbonyl (C=O) groups is 1. The minimum Gasteiger partial charge on any atom is -0.383 e. The molecule has 7 heteroatoms. The Balaban J connectivity index is 2.13. The molecule has 7 nitrogen and oxygen atoms in total. The minimum absolute atomic E-state index is 0.0470. The molecule has 0 bridgehead atoms. The third kappa shape index (κ3) is 3.72. The van der Waals surface area contributed by atoms with E-state index < -0.39 is 0 Å². The van der Waals surface area contributed by atoms with Crippen molar-refractivity contribution in [2.24, 2.45) is 0 Å². The number of hydrogen-bond donors (Lipinski definition) is 2. The van der Waals surface area contributed by atoms with Crippen molar-refractivity contribution in [1.82, 2.24) is 20.2 Å². The SMILES string of the molecule is CNC(=O)C[C@]1(COC)CCCN1Cc1cnc(NC)nc1. The van der Waals surface area contributed by atoms with Gasteiger partial charge in [-0.1, -0.05) is 0 Å². The fraction of sp³-hybridized carbons (Fsp3) is 0.667. The summed E-state index contributed by atoms with van der Waals surface area (Å²) in [7, 11) is 5.15. The van der Waals surface area contributed by atoms with Crippen LogP contribution in [0.15, 0.2) is 12.4 Å². The average molecular weight is 307 g/mol.